The Morgan fingerprint density at radius 3 is 0.911 bits per heavy atom. The lowest BCUT2D eigenvalue weighted by Crippen LogP contribution is -2.31. The van der Waals surface area contributed by atoms with Gasteiger partial charge in [0.1, 0.15) is 0 Å². The highest BCUT2D eigenvalue weighted by Gasteiger charge is 2.09. The number of allylic oxidation sites excluding steroid dienone is 2. The minimum atomic E-state index is 0.126. The van der Waals surface area contributed by atoms with Gasteiger partial charge in [-0.2, -0.15) is 0 Å². The number of rotatable bonds is 38. The second-order valence-corrected chi connectivity index (χ2v) is 14.2. The number of carbonyl (C=O) groups excluding carboxylic acids is 1. The summed E-state index contributed by atoms with van der Waals surface area (Å²) in [5.74, 6) is 0.126. The van der Waals surface area contributed by atoms with Gasteiger partial charge in [-0.25, -0.2) is 0 Å². The summed E-state index contributed by atoms with van der Waals surface area (Å²) in [7, 11) is 0. The highest BCUT2D eigenvalue weighted by molar-refractivity contribution is 5.86. The van der Waals surface area contributed by atoms with Crippen LogP contribution in [-0.2, 0) is 4.79 Å². The number of nitrogens with zero attached hydrogens (tertiary/aromatic N) is 1. The summed E-state index contributed by atoms with van der Waals surface area (Å²) in [6, 6.07) is 0. The van der Waals surface area contributed by atoms with Gasteiger partial charge in [-0.3, -0.25) is 4.79 Å². The summed E-state index contributed by atoms with van der Waals surface area (Å²) < 4.78 is 0. The van der Waals surface area contributed by atoms with Crippen LogP contribution in [-0.4, -0.2) is 23.9 Å². The van der Waals surface area contributed by atoms with E-state index in [9.17, 15) is 4.79 Å². The summed E-state index contributed by atoms with van der Waals surface area (Å²) in [5.41, 5.74) is 0. The second kappa shape index (κ2) is 39.1. The van der Waals surface area contributed by atoms with Gasteiger partial charge in [0.2, 0.25) is 5.91 Å². The molecule has 0 rings (SSSR count). The monoisotopic (exact) mass is 630 g/mol. The standard InChI is InChI=1S/C43H83NO/c1-4-7-9-11-13-15-17-19-21-23-24-25-26-28-30-32-34-36-38-40-42-44(43(45)6-3)41-39-37-35-33-31-29-27-22-20-18-16-14-12-10-8-5-2/h6,20,22H,3-5,7-19,21,23-42H2,1-2H3/b22-20-. The first-order valence-corrected chi connectivity index (χ1v) is 20.8. The van der Waals surface area contributed by atoms with Crippen LogP contribution in [0.25, 0.3) is 0 Å². The molecule has 45 heavy (non-hydrogen) atoms. The number of unbranched alkanes of at least 4 members (excludes halogenated alkanes) is 31. The quantitative estimate of drug-likeness (QED) is 0.0378. The molecule has 266 valence electrons. The Balaban J connectivity index is 3.49. The fourth-order valence-electron chi connectivity index (χ4n) is 6.57. The molecule has 0 aromatic rings. The molecule has 0 aliphatic carbocycles. The summed E-state index contributed by atoms with van der Waals surface area (Å²) in [6.45, 7) is 10.1. The molecule has 0 radical (unpaired) electrons. The first-order chi connectivity index (χ1) is 22.3. The second-order valence-electron chi connectivity index (χ2n) is 14.2. The highest BCUT2D eigenvalue weighted by Crippen LogP contribution is 2.16. The summed E-state index contributed by atoms with van der Waals surface area (Å²) in [4.78, 5) is 14.4. The molecule has 2 nitrogen and oxygen atoms in total. The van der Waals surface area contributed by atoms with Gasteiger partial charge in [-0.1, -0.05) is 212 Å². The fourth-order valence-corrected chi connectivity index (χ4v) is 6.57. The molecule has 0 aromatic carbocycles. The molecule has 0 aliphatic rings. The Morgan fingerprint density at radius 1 is 0.400 bits per heavy atom. The van der Waals surface area contributed by atoms with Crippen LogP contribution in [0.15, 0.2) is 24.8 Å². The largest absolute Gasteiger partial charge is 0.339 e. The van der Waals surface area contributed by atoms with Crippen molar-refractivity contribution in [3.8, 4) is 0 Å². The van der Waals surface area contributed by atoms with E-state index in [4.69, 9.17) is 0 Å². The van der Waals surface area contributed by atoms with Gasteiger partial charge in [0.25, 0.3) is 0 Å². The van der Waals surface area contributed by atoms with Gasteiger partial charge < -0.3 is 4.90 Å². The Bertz CT molecular complexity index is 611. The van der Waals surface area contributed by atoms with Crippen LogP contribution in [0, 0.1) is 0 Å². The van der Waals surface area contributed by atoms with Crippen molar-refractivity contribution in [1.82, 2.24) is 4.90 Å². The molecule has 0 fully saturated rings. The highest BCUT2D eigenvalue weighted by atomic mass is 16.2. The molecule has 0 spiro atoms. The van der Waals surface area contributed by atoms with Crippen LogP contribution in [0.2, 0.25) is 0 Å². The van der Waals surface area contributed by atoms with Crippen molar-refractivity contribution in [3.05, 3.63) is 24.8 Å². The third kappa shape index (κ3) is 35.6. The maximum Gasteiger partial charge on any atom is 0.245 e. The molecular weight excluding hydrogens is 546 g/mol. The summed E-state index contributed by atoms with van der Waals surface area (Å²) >= 11 is 0. The Morgan fingerprint density at radius 2 is 0.644 bits per heavy atom. The van der Waals surface area contributed by atoms with Crippen molar-refractivity contribution in [3.63, 3.8) is 0 Å². The molecule has 0 unspecified atom stereocenters. The van der Waals surface area contributed by atoms with Crippen molar-refractivity contribution in [2.24, 2.45) is 0 Å². The minimum Gasteiger partial charge on any atom is -0.339 e. The van der Waals surface area contributed by atoms with Crippen LogP contribution in [0.3, 0.4) is 0 Å². The van der Waals surface area contributed by atoms with Gasteiger partial charge in [0.05, 0.1) is 0 Å². The zero-order chi connectivity index (χ0) is 32.7. The van der Waals surface area contributed by atoms with Crippen LogP contribution in [0.5, 0.6) is 0 Å². The summed E-state index contributed by atoms with van der Waals surface area (Å²) in [6.07, 6.45) is 53.0. The molecule has 0 saturated heterocycles. The SMILES string of the molecule is C=CC(=O)N(CCCCCCCC/C=C\CCCCCCCC)CCCCCCCCCCCCCCCCCCCCCC. The molecule has 0 aliphatic heterocycles. The Labute approximate surface area is 285 Å². The van der Waals surface area contributed by atoms with E-state index >= 15 is 0 Å². The Kier molecular flexibility index (Phi) is 38.2. The molecule has 0 bridgehead atoms. The van der Waals surface area contributed by atoms with Crippen LogP contribution in [0.4, 0.5) is 0 Å². The van der Waals surface area contributed by atoms with E-state index in [1.807, 2.05) is 0 Å². The first-order valence-electron chi connectivity index (χ1n) is 20.8. The van der Waals surface area contributed by atoms with Crippen molar-refractivity contribution in [2.45, 2.75) is 232 Å². The number of carbonyl (C=O) groups is 1. The molecule has 1 amide bonds. The van der Waals surface area contributed by atoms with Crippen molar-refractivity contribution < 1.29 is 4.79 Å². The zero-order valence-corrected chi connectivity index (χ0v) is 31.3. The lowest BCUT2D eigenvalue weighted by Gasteiger charge is -2.21. The van der Waals surface area contributed by atoms with E-state index in [1.165, 1.54) is 212 Å². The number of amides is 1. The molecule has 0 heterocycles. The van der Waals surface area contributed by atoms with Gasteiger partial charge in [-0.15, -0.1) is 0 Å². The normalized spacial score (nSPS) is 11.5. The predicted octanol–water partition coefficient (Wildman–Crippen LogP) is 14.9. The molecule has 0 atom stereocenters. The van der Waals surface area contributed by atoms with Crippen molar-refractivity contribution in [2.75, 3.05) is 13.1 Å². The summed E-state index contributed by atoms with van der Waals surface area (Å²) in [5, 5.41) is 0. The van der Waals surface area contributed by atoms with Crippen LogP contribution >= 0.6 is 0 Å². The van der Waals surface area contributed by atoms with E-state index in [0.29, 0.717) is 0 Å². The molecule has 0 N–H and O–H groups in total. The third-order valence-corrected chi connectivity index (χ3v) is 9.71. The van der Waals surface area contributed by atoms with Crippen LogP contribution in [0.1, 0.15) is 232 Å². The first kappa shape index (κ1) is 43.9. The lowest BCUT2D eigenvalue weighted by atomic mass is 10.0. The average molecular weight is 630 g/mol. The predicted molar refractivity (Wildman–Crippen MR) is 204 cm³/mol. The smallest absolute Gasteiger partial charge is 0.245 e. The van der Waals surface area contributed by atoms with E-state index in [-0.39, 0.29) is 5.91 Å². The van der Waals surface area contributed by atoms with Gasteiger partial charge in [-0.05, 0) is 44.6 Å². The number of hydrogen-bond donors (Lipinski definition) is 0. The topological polar surface area (TPSA) is 20.3 Å². The lowest BCUT2D eigenvalue weighted by molar-refractivity contribution is -0.126. The molecule has 0 aromatic heterocycles. The van der Waals surface area contributed by atoms with Crippen molar-refractivity contribution >= 4 is 5.91 Å². The van der Waals surface area contributed by atoms with Gasteiger partial charge in [0, 0.05) is 13.1 Å². The van der Waals surface area contributed by atoms with Crippen LogP contribution < -0.4 is 0 Å². The van der Waals surface area contributed by atoms with E-state index in [1.54, 1.807) is 0 Å². The number of hydrogen-bond acceptors (Lipinski definition) is 1. The van der Waals surface area contributed by atoms with E-state index in [2.05, 4.69) is 37.5 Å². The average Bonchev–Trinajstić information content (AvgIpc) is 3.05. The Hall–Kier alpha value is -1.05. The molecule has 2 heteroatoms. The zero-order valence-electron chi connectivity index (χ0n) is 31.3. The maximum absolute atomic E-state index is 12.3. The molecule has 0 saturated carbocycles. The van der Waals surface area contributed by atoms with E-state index < -0.39 is 0 Å². The van der Waals surface area contributed by atoms with Gasteiger partial charge >= 0.3 is 0 Å². The van der Waals surface area contributed by atoms with Crippen molar-refractivity contribution in [1.29, 1.82) is 0 Å². The maximum atomic E-state index is 12.3. The molecular formula is C43H83NO. The minimum absolute atomic E-state index is 0.126. The van der Waals surface area contributed by atoms with E-state index in [0.717, 1.165) is 25.9 Å². The third-order valence-electron chi connectivity index (χ3n) is 9.71. The van der Waals surface area contributed by atoms with Gasteiger partial charge in [0.15, 0.2) is 0 Å². The fraction of sp³-hybridized carbons (Fsp3) is 0.884.